The van der Waals surface area contributed by atoms with E-state index in [1.165, 1.54) is 20.0 Å². The maximum Gasteiger partial charge on any atom is 0.242 e. The van der Waals surface area contributed by atoms with Gasteiger partial charge in [-0.3, -0.25) is 4.98 Å². The molecule has 1 aromatic heterocycles. The highest BCUT2D eigenvalue weighted by Crippen LogP contribution is 2.48. The molecule has 28 heavy (non-hydrogen) atoms. The molecular formula is C21H24FN3O3. The molecule has 7 heteroatoms. The van der Waals surface area contributed by atoms with Gasteiger partial charge in [-0.2, -0.15) is 4.39 Å². The van der Waals surface area contributed by atoms with Gasteiger partial charge in [-0.1, -0.05) is 0 Å². The van der Waals surface area contributed by atoms with Crippen molar-refractivity contribution in [2.75, 3.05) is 0 Å². The summed E-state index contributed by atoms with van der Waals surface area (Å²) in [4.78, 5) is 4.34. The quantitative estimate of drug-likeness (QED) is 0.555. The third-order valence-electron chi connectivity index (χ3n) is 4.63. The molecule has 6 nitrogen and oxygen atoms in total. The first-order valence-electron chi connectivity index (χ1n) is 9.12. The first-order valence-corrected chi connectivity index (χ1v) is 9.12. The van der Waals surface area contributed by atoms with E-state index in [0.717, 1.165) is 25.3 Å². The Morgan fingerprint density at radius 1 is 1.07 bits per heavy atom. The molecule has 0 radical (unpaired) electrons. The molecule has 1 saturated carbocycles. The zero-order valence-electron chi connectivity index (χ0n) is 15.9. The second-order valence-electron chi connectivity index (χ2n) is 7.38. The Hall–Kier alpha value is -2.80. The monoisotopic (exact) mass is 385 g/mol. The molecule has 1 aliphatic rings. The Bertz CT molecular complexity index is 821. The molecule has 148 valence electrons. The van der Waals surface area contributed by atoms with E-state index in [0.29, 0.717) is 22.9 Å². The van der Waals surface area contributed by atoms with Gasteiger partial charge in [0, 0.05) is 26.3 Å². The second-order valence-corrected chi connectivity index (χ2v) is 7.38. The Kier molecular flexibility index (Phi) is 5.47. The highest BCUT2D eigenvalue weighted by molar-refractivity contribution is 5.82. The molecule has 0 saturated heterocycles. The first-order chi connectivity index (χ1) is 13.3. The molecule has 1 heterocycles. The zero-order valence-corrected chi connectivity index (χ0v) is 15.9. The van der Waals surface area contributed by atoms with Crippen LogP contribution in [0, 0.1) is 22.7 Å². The predicted octanol–water partition coefficient (Wildman–Crippen LogP) is 4.47. The lowest BCUT2D eigenvalue weighted by Crippen LogP contribution is -2.40. The molecule has 0 bridgehead atoms. The number of ether oxygens (including phenoxy) is 2. The number of rotatable bonds is 9. The fraction of sp³-hybridized carbons (Fsp3) is 0.381. The fourth-order valence-electron chi connectivity index (χ4n) is 3.15. The fourth-order valence-corrected chi connectivity index (χ4v) is 3.15. The van der Waals surface area contributed by atoms with E-state index < -0.39 is 17.4 Å². The highest BCUT2D eigenvalue weighted by Gasteiger charge is 2.50. The number of hydrogen-bond donors (Lipinski definition) is 3. The number of aliphatic hydroxyl groups is 1. The first kappa shape index (κ1) is 19.9. The van der Waals surface area contributed by atoms with Gasteiger partial charge in [-0.25, -0.2) is 0 Å². The van der Waals surface area contributed by atoms with Crippen LogP contribution in [0.25, 0.3) is 0 Å². The van der Waals surface area contributed by atoms with Crippen LogP contribution in [0.1, 0.15) is 32.4 Å². The third-order valence-corrected chi connectivity index (χ3v) is 4.63. The molecular weight excluding hydrogens is 361 g/mol. The van der Waals surface area contributed by atoms with Crippen molar-refractivity contribution in [3.8, 4) is 17.2 Å². The maximum atomic E-state index is 13.5. The topological polar surface area (TPSA) is 99.3 Å². The lowest BCUT2D eigenvalue weighted by atomic mass is 9.81. The van der Waals surface area contributed by atoms with Gasteiger partial charge in [0.2, 0.25) is 5.85 Å². The summed E-state index contributed by atoms with van der Waals surface area (Å²) in [5, 5.41) is 26.2. The number of halogens is 1. The summed E-state index contributed by atoms with van der Waals surface area (Å²) in [5.74, 6) is -1.08. The number of aromatic nitrogens is 1. The number of nitrogens with one attached hydrogen (secondary N) is 2. The normalized spacial score (nSPS) is 17.3. The average Bonchev–Trinajstić information content (AvgIpc) is 3.49. The number of nitrogens with zero attached hydrogens (tertiary/aromatic N) is 1. The summed E-state index contributed by atoms with van der Waals surface area (Å²) < 4.78 is 24.4. The van der Waals surface area contributed by atoms with Gasteiger partial charge in [-0.05, 0) is 55.2 Å². The van der Waals surface area contributed by atoms with Gasteiger partial charge in [-0.15, -0.1) is 0 Å². The van der Waals surface area contributed by atoms with Crippen LogP contribution in [-0.4, -0.2) is 28.4 Å². The molecule has 0 aliphatic heterocycles. The van der Waals surface area contributed by atoms with Crippen LogP contribution in [0.5, 0.6) is 17.2 Å². The number of alkyl halides is 1. The SMILES string of the molecule is CC(C)(F)Oc1ccc(Oc2ccc(C(O)(C(C=N)C=N)C3CC3)nc2)cc1. The molecule has 1 unspecified atom stereocenters. The van der Waals surface area contributed by atoms with Crippen molar-refractivity contribution in [3.05, 3.63) is 48.3 Å². The third kappa shape index (κ3) is 4.36. The average molecular weight is 385 g/mol. The van der Waals surface area contributed by atoms with Crippen LogP contribution in [0.15, 0.2) is 42.6 Å². The van der Waals surface area contributed by atoms with Gasteiger partial charge < -0.3 is 25.4 Å². The summed E-state index contributed by atoms with van der Waals surface area (Å²) in [6.45, 7) is 2.66. The van der Waals surface area contributed by atoms with Crippen molar-refractivity contribution in [2.24, 2.45) is 11.8 Å². The Labute approximate surface area is 163 Å². The van der Waals surface area contributed by atoms with Crippen molar-refractivity contribution in [3.63, 3.8) is 0 Å². The van der Waals surface area contributed by atoms with Gasteiger partial charge in [0.15, 0.2) is 0 Å². The van der Waals surface area contributed by atoms with E-state index in [4.69, 9.17) is 20.3 Å². The summed E-state index contributed by atoms with van der Waals surface area (Å²) in [7, 11) is 0. The Morgan fingerprint density at radius 3 is 2.11 bits per heavy atom. The number of benzene rings is 1. The van der Waals surface area contributed by atoms with Gasteiger partial charge in [0.05, 0.1) is 17.8 Å². The molecule has 0 amide bonds. The second kappa shape index (κ2) is 7.67. The standard InChI is InChI=1S/C21H24FN3O3/c1-20(2,22)28-17-7-5-16(6-8-17)27-18-9-10-19(25-13-18)21(26,14-3-4-14)15(11-23)12-24/h5-15,23-24,26H,3-4H2,1-2H3. The van der Waals surface area contributed by atoms with E-state index in [-0.39, 0.29) is 5.92 Å². The summed E-state index contributed by atoms with van der Waals surface area (Å²) in [5.41, 5.74) is -0.923. The molecule has 0 spiro atoms. The van der Waals surface area contributed by atoms with Crippen molar-refractivity contribution in [1.82, 2.24) is 4.98 Å². The van der Waals surface area contributed by atoms with Gasteiger partial charge in [0.1, 0.15) is 22.8 Å². The largest absolute Gasteiger partial charge is 0.459 e. The lowest BCUT2D eigenvalue weighted by molar-refractivity contribution is -0.0257. The van der Waals surface area contributed by atoms with Gasteiger partial charge in [0.25, 0.3) is 0 Å². The number of pyridine rings is 1. The molecule has 1 atom stereocenters. The predicted molar refractivity (Wildman–Crippen MR) is 104 cm³/mol. The van der Waals surface area contributed by atoms with Crippen LogP contribution in [-0.2, 0) is 5.60 Å². The van der Waals surface area contributed by atoms with Gasteiger partial charge >= 0.3 is 0 Å². The van der Waals surface area contributed by atoms with Crippen molar-refractivity contribution in [2.45, 2.75) is 38.1 Å². The lowest BCUT2D eigenvalue weighted by Gasteiger charge is -2.31. The molecule has 3 N–H and O–H groups in total. The van der Waals surface area contributed by atoms with Crippen molar-refractivity contribution < 1.29 is 19.0 Å². The Balaban J connectivity index is 1.74. The van der Waals surface area contributed by atoms with Crippen LogP contribution >= 0.6 is 0 Å². The number of hydrogen-bond acceptors (Lipinski definition) is 6. The smallest absolute Gasteiger partial charge is 0.242 e. The van der Waals surface area contributed by atoms with E-state index >= 15 is 0 Å². The molecule has 1 fully saturated rings. The zero-order chi connectivity index (χ0) is 20.4. The minimum atomic E-state index is -1.76. The molecule has 1 aliphatic carbocycles. The van der Waals surface area contributed by atoms with Crippen LogP contribution in [0.4, 0.5) is 4.39 Å². The maximum absolute atomic E-state index is 13.5. The minimum absolute atomic E-state index is 0.00716. The van der Waals surface area contributed by atoms with Crippen molar-refractivity contribution >= 4 is 12.4 Å². The summed E-state index contributed by atoms with van der Waals surface area (Å²) >= 11 is 0. The summed E-state index contributed by atoms with van der Waals surface area (Å²) in [6.07, 6.45) is 5.36. The van der Waals surface area contributed by atoms with Crippen LogP contribution in [0.2, 0.25) is 0 Å². The van der Waals surface area contributed by atoms with Crippen molar-refractivity contribution in [1.29, 1.82) is 10.8 Å². The van der Waals surface area contributed by atoms with E-state index in [1.54, 1.807) is 36.4 Å². The van der Waals surface area contributed by atoms with E-state index in [2.05, 4.69) is 4.98 Å². The summed E-state index contributed by atoms with van der Waals surface area (Å²) in [6, 6.07) is 9.91. The van der Waals surface area contributed by atoms with Crippen LogP contribution in [0.3, 0.4) is 0 Å². The highest BCUT2D eigenvalue weighted by atomic mass is 19.2. The van der Waals surface area contributed by atoms with E-state index in [1.807, 2.05) is 0 Å². The van der Waals surface area contributed by atoms with E-state index in [9.17, 15) is 9.50 Å². The minimum Gasteiger partial charge on any atom is -0.459 e. The molecule has 1 aromatic carbocycles. The molecule has 3 rings (SSSR count). The Morgan fingerprint density at radius 2 is 1.64 bits per heavy atom. The molecule has 2 aromatic rings. The van der Waals surface area contributed by atoms with Crippen LogP contribution < -0.4 is 9.47 Å².